The van der Waals surface area contributed by atoms with Crippen molar-refractivity contribution in [1.82, 2.24) is 14.7 Å². The first kappa shape index (κ1) is 25.2. The number of carbonyl (C=O) groups excluding carboxylic acids is 2. The second kappa shape index (κ2) is 10.2. The summed E-state index contributed by atoms with van der Waals surface area (Å²) in [5, 5.41) is 4.86. The van der Waals surface area contributed by atoms with E-state index in [9.17, 15) is 9.59 Å². The maximum Gasteiger partial charge on any atom is 0.259 e. The third kappa shape index (κ3) is 4.26. The Balaban J connectivity index is 1.27. The van der Waals surface area contributed by atoms with Crippen molar-refractivity contribution in [2.45, 2.75) is 51.0 Å². The van der Waals surface area contributed by atoms with Gasteiger partial charge in [-0.3, -0.25) is 14.5 Å². The van der Waals surface area contributed by atoms with Crippen LogP contribution in [0.15, 0.2) is 67.6 Å². The standard InChI is InChI=1S/C32H35N5O2/c1-4-6-10-28(31(38)33-3)37-27-12-11-24(25-8-7-9-26(30(25)27)32(37)39)22-13-15-35(16-14-22)23-17-29-34-18-21(5-2)19-36(29)20-23/h4,7-9,11-12,17-20,22,28H,1,5-6,10,13-16H2,2-3H3,(H,33,38). The summed E-state index contributed by atoms with van der Waals surface area (Å²) in [5.74, 6) is 0.162. The zero-order chi connectivity index (χ0) is 27.1. The summed E-state index contributed by atoms with van der Waals surface area (Å²) >= 11 is 0. The van der Waals surface area contributed by atoms with Crippen LogP contribution in [0.3, 0.4) is 0 Å². The number of rotatable bonds is 8. The Kier molecular flexibility index (Phi) is 6.59. The van der Waals surface area contributed by atoms with Crippen molar-refractivity contribution >= 4 is 39.6 Å². The number of hydrogen-bond acceptors (Lipinski definition) is 4. The number of hydrogen-bond donors (Lipinski definition) is 1. The van der Waals surface area contributed by atoms with E-state index in [-0.39, 0.29) is 11.8 Å². The average Bonchev–Trinajstić information content (AvgIpc) is 3.53. The number of fused-ring (bicyclic) bond motifs is 1. The molecule has 2 amide bonds. The van der Waals surface area contributed by atoms with E-state index in [4.69, 9.17) is 0 Å². The van der Waals surface area contributed by atoms with E-state index in [1.807, 2.05) is 18.3 Å². The number of nitrogens with one attached hydrogen (secondary N) is 1. The van der Waals surface area contributed by atoms with Crippen LogP contribution in [0.2, 0.25) is 0 Å². The fourth-order valence-corrected chi connectivity index (χ4v) is 6.34. The van der Waals surface area contributed by atoms with Gasteiger partial charge in [-0.2, -0.15) is 0 Å². The van der Waals surface area contributed by atoms with Gasteiger partial charge < -0.3 is 14.6 Å². The molecule has 39 heavy (non-hydrogen) atoms. The van der Waals surface area contributed by atoms with E-state index in [2.05, 4.69) is 69.8 Å². The first-order valence-corrected chi connectivity index (χ1v) is 14.0. The smallest absolute Gasteiger partial charge is 0.259 e. The quantitative estimate of drug-likeness (QED) is 0.312. The Morgan fingerprint density at radius 1 is 1.21 bits per heavy atom. The van der Waals surface area contributed by atoms with Gasteiger partial charge in [0.1, 0.15) is 11.7 Å². The molecule has 1 atom stereocenters. The Hall–Kier alpha value is -4.13. The molecule has 0 aliphatic carbocycles. The maximum absolute atomic E-state index is 13.6. The van der Waals surface area contributed by atoms with Gasteiger partial charge in [0.05, 0.1) is 11.4 Å². The van der Waals surface area contributed by atoms with Crippen molar-refractivity contribution in [2.75, 3.05) is 29.9 Å². The van der Waals surface area contributed by atoms with Crippen LogP contribution in [-0.4, -0.2) is 47.4 Å². The molecule has 1 N–H and O–H groups in total. The first-order valence-electron chi connectivity index (χ1n) is 14.0. The molecule has 2 aromatic carbocycles. The molecule has 2 aromatic heterocycles. The second-order valence-electron chi connectivity index (χ2n) is 10.6. The third-order valence-corrected chi connectivity index (χ3v) is 8.45. The number of aromatic nitrogens is 2. The van der Waals surface area contributed by atoms with Crippen LogP contribution in [0.5, 0.6) is 0 Å². The van der Waals surface area contributed by atoms with Gasteiger partial charge in [0.25, 0.3) is 5.91 Å². The molecule has 0 saturated carbocycles. The molecule has 6 rings (SSSR count). The number of likely N-dealkylation sites (N-methyl/N-ethyl adjacent to an activating group) is 1. The predicted octanol–water partition coefficient (Wildman–Crippen LogP) is 5.47. The van der Waals surface area contributed by atoms with Crippen molar-refractivity contribution in [3.8, 4) is 0 Å². The molecule has 1 unspecified atom stereocenters. The van der Waals surface area contributed by atoms with Crippen LogP contribution in [0.1, 0.15) is 60.0 Å². The van der Waals surface area contributed by atoms with Crippen molar-refractivity contribution in [3.05, 3.63) is 84.3 Å². The molecule has 2 aliphatic heterocycles. The largest absolute Gasteiger partial charge is 0.370 e. The summed E-state index contributed by atoms with van der Waals surface area (Å²) in [4.78, 5) is 35.2. The number of amides is 2. The summed E-state index contributed by atoms with van der Waals surface area (Å²) in [6.07, 6.45) is 12.4. The maximum atomic E-state index is 13.6. The first-order chi connectivity index (χ1) is 19.0. The lowest BCUT2D eigenvalue weighted by Crippen LogP contribution is -2.47. The monoisotopic (exact) mass is 521 g/mol. The van der Waals surface area contributed by atoms with Gasteiger partial charge in [0.2, 0.25) is 5.91 Å². The van der Waals surface area contributed by atoms with Gasteiger partial charge in [-0.1, -0.05) is 31.2 Å². The van der Waals surface area contributed by atoms with Crippen LogP contribution in [0, 0.1) is 0 Å². The van der Waals surface area contributed by atoms with Crippen LogP contribution in [-0.2, 0) is 11.2 Å². The van der Waals surface area contributed by atoms with Gasteiger partial charge in [-0.05, 0) is 66.7 Å². The lowest BCUT2D eigenvalue weighted by Gasteiger charge is -2.33. The highest BCUT2D eigenvalue weighted by Crippen LogP contribution is 2.44. The molecule has 200 valence electrons. The van der Waals surface area contributed by atoms with E-state index in [0.29, 0.717) is 24.3 Å². The summed E-state index contributed by atoms with van der Waals surface area (Å²) in [6.45, 7) is 7.89. The molecule has 0 bridgehead atoms. The van der Waals surface area contributed by atoms with Crippen molar-refractivity contribution in [1.29, 1.82) is 0 Å². The van der Waals surface area contributed by atoms with E-state index in [1.54, 1.807) is 18.0 Å². The lowest BCUT2D eigenvalue weighted by atomic mass is 9.85. The molecule has 4 heterocycles. The van der Waals surface area contributed by atoms with E-state index in [1.165, 1.54) is 16.8 Å². The summed E-state index contributed by atoms with van der Waals surface area (Å²) in [6, 6.07) is 11.9. The number of piperidine rings is 1. The van der Waals surface area contributed by atoms with Crippen molar-refractivity contribution < 1.29 is 9.59 Å². The van der Waals surface area contributed by atoms with E-state index < -0.39 is 6.04 Å². The third-order valence-electron chi connectivity index (χ3n) is 8.45. The van der Waals surface area contributed by atoms with Crippen LogP contribution >= 0.6 is 0 Å². The Labute approximate surface area is 229 Å². The van der Waals surface area contributed by atoms with Gasteiger partial charge in [0.15, 0.2) is 0 Å². The highest BCUT2D eigenvalue weighted by atomic mass is 16.2. The highest BCUT2D eigenvalue weighted by Gasteiger charge is 2.38. The zero-order valence-electron chi connectivity index (χ0n) is 22.7. The van der Waals surface area contributed by atoms with Crippen LogP contribution in [0.4, 0.5) is 11.4 Å². The normalized spacial score (nSPS) is 16.3. The molecular formula is C32H35N5O2. The molecule has 7 nitrogen and oxygen atoms in total. The molecule has 1 saturated heterocycles. The Morgan fingerprint density at radius 3 is 2.77 bits per heavy atom. The minimum Gasteiger partial charge on any atom is -0.370 e. The number of carbonyl (C=O) groups is 2. The van der Waals surface area contributed by atoms with Crippen molar-refractivity contribution in [2.24, 2.45) is 0 Å². The van der Waals surface area contributed by atoms with Gasteiger partial charge in [-0.15, -0.1) is 6.58 Å². The number of nitrogens with zero attached hydrogens (tertiary/aromatic N) is 4. The lowest BCUT2D eigenvalue weighted by molar-refractivity contribution is -0.121. The summed E-state index contributed by atoms with van der Waals surface area (Å²) in [7, 11) is 1.62. The highest BCUT2D eigenvalue weighted by molar-refractivity contribution is 6.27. The van der Waals surface area contributed by atoms with Crippen molar-refractivity contribution in [3.63, 3.8) is 0 Å². The molecule has 1 fully saturated rings. The fourth-order valence-electron chi connectivity index (χ4n) is 6.34. The van der Waals surface area contributed by atoms with E-state index >= 15 is 0 Å². The molecule has 7 heteroatoms. The average molecular weight is 522 g/mol. The van der Waals surface area contributed by atoms with Gasteiger partial charge in [-0.25, -0.2) is 4.98 Å². The number of allylic oxidation sites excluding steroid dienone is 1. The van der Waals surface area contributed by atoms with Crippen LogP contribution < -0.4 is 15.1 Å². The molecule has 0 radical (unpaired) electrons. The molecular weight excluding hydrogens is 486 g/mol. The topological polar surface area (TPSA) is 70.0 Å². The summed E-state index contributed by atoms with van der Waals surface area (Å²) < 4.78 is 2.13. The number of benzene rings is 2. The molecule has 2 aliphatic rings. The second-order valence-corrected chi connectivity index (χ2v) is 10.6. The number of anilines is 2. The van der Waals surface area contributed by atoms with Gasteiger partial charge >= 0.3 is 0 Å². The summed E-state index contributed by atoms with van der Waals surface area (Å²) in [5.41, 5.74) is 6.25. The predicted molar refractivity (Wildman–Crippen MR) is 157 cm³/mol. The SMILES string of the molecule is C=CCCC(C(=O)NC)N1C(=O)c2cccc3c(C4CCN(c5cc6ncc(CC)cn6c5)CC4)ccc1c23. The minimum atomic E-state index is -0.564. The number of aryl methyl sites for hydroxylation is 1. The van der Waals surface area contributed by atoms with E-state index in [0.717, 1.165) is 54.5 Å². The Morgan fingerprint density at radius 2 is 2.03 bits per heavy atom. The molecule has 0 spiro atoms. The van der Waals surface area contributed by atoms with Gasteiger partial charge in [0, 0.05) is 55.7 Å². The Bertz CT molecular complexity index is 1580. The minimum absolute atomic E-state index is 0.0964. The molecule has 4 aromatic rings. The fraction of sp³-hybridized carbons (Fsp3) is 0.344. The van der Waals surface area contributed by atoms with Crippen LogP contribution in [0.25, 0.3) is 16.4 Å². The zero-order valence-corrected chi connectivity index (χ0v) is 22.7.